The van der Waals surface area contributed by atoms with Gasteiger partial charge in [0.05, 0.1) is 30.2 Å². The van der Waals surface area contributed by atoms with E-state index in [2.05, 4.69) is 14.7 Å². The number of ether oxygens (including phenoxy) is 1. The molecule has 3 aromatic rings. The molecule has 2 aromatic carbocycles. The lowest BCUT2D eigenvalue weighted by atomic mass is 9.91. The number of rotatable bonds is 5. The maximum absolute atomic E-state index is 12.0. The van der Waals surface area contributed by atoms with Gasteiger partial charge in [-0.05, 0) is 41.8 Å². The molecule has 1 unspecified atom stereocenters. The van der Waals surface area contributed by atoms with Crippen molar-refractivity contribution in [1.82, 2.24) is 9.97 Å². The number of esters is 1. The Hall–Kier alpha value is -3.19. The molecule has 0 spiro atoms. The average Bonchev–Trinajstić information content (AvgIpc) is 2.66. The molecule has 7 nitrogen and oxygen atoms in total. The normalized spacial score (nSPS) is 12.1. The van der Waals surface area contributed by atoms with Crippen LogP contribution in [0.3, 0.4) is 0 Å². The molecular weight excluding hydrogens is 334 g/mol. The lowest BCUT2D eigenvalue weighted by Gasteiger charge is -2.15. The van der Waals surface area contributed by atoms with Crippen molar-refractivity contribution in [1.29, 1.82) is 0 Å². The van der Waals surface area contributed by atoms with Crippen molar-refractivity contribution in [3.8, 4) is 0 Å². The monoisotopic (exact) mass is 353 g/mol. The first-order valence-corrected chi connectivity index (χ1v) is 8.09. The van der Waals surface area contributed by atoms with Gasteiger partial charge in [-0.2, -0.15) is 0 Å². The van der Waals surface area contributed by atoms with Crippen LogP contribution in [0.25, 0.3) is 10.9 Å². The molecule has 1 atom stereocenters. The molecule has 0 saturated heterocycles. The lowest BCUT2D eigenvalue weighted by Crippen LogP contribution is -2.12. The van der Waals surface area contributed by atoms with E-state index >= 15 is 0 Å². The van der Waals surface area contributed by atoms with Crippen LogP contribution in [-0.4, -0.2) is 34.8 Å². The zero-order valence-corrected chi connectivity index (χ0v) is 14.2. The van der Waals surface area contributed by atoms with E-state index in [9.17, 15) is 14.7 Å². The highest BCUT2D eigenvalue weighted by atomic mass is 16.5. The van der Waals surface area contributed by atoms with Gasteiger partial charge in [-0.1, -0.05) is 18.2 Å². The summed E-state index contributed by atoms with van der Waals surface area (Å²) >= 11 is 0. The van der Waals surface area contributed by atoms with Gasteiger partial charge in [0.2, 0.25) is 5.95 Å². The topological polar surface area (TPSA) is 118 Å². The fourth-order valence-electron chi connectivity index (χ4n) is 2.91. The number of carbonyl (C=O) groups is 1. The van der Waals surface area contributed by atoms with Crippen LogP contribution in [0.2, 0.25) is 0 Å². The number of anilines is 1. The average molecular weight is 353 g/mol. The number of nitrogen functional groups attached to an aromatic ring is 1. The molecule has 1 aromatic heterocycles. The zero-order valence-electron chi connectivity index (χ0n) is 14.2. The molecular formula is C19H19N3O4. The predicted octanol–water partition coefficient (Wildman–Crippen LogP) is 1.61. The molecule has 0 bridgehead atoms. The van der Waals surface area contributed by atoms with Gasteiger partial charge < -0.3 is 15.6 Å². The Bertz CT molecular complexity index is 996. The molecule has 26 heavy (non-hydrogen) atoms. The van der Waals surface area contributed by atoms with E-state index in [1.807, 2.05) is 6.07 Å². The van der Waals surface area contributed by atoms with Crippen LogP contribution in [0.4, 0.5) is 5.95 Å². The quantitative estimate of drug-likeness (QED) is 0.600. The molecule has 1 heterocycles. The first-order chi connectivity index (χ1) is 12.5. The Labute approximate surface area is 149 Å². The maximum atomic E-state index is 12.0. The van der Waals surface area contributed by atoms with Gasteiger partial charge in [-0.3, -0.25) is 9.78 Å². The minimum absolute atomic E-state index is 0.0635. The van der Waals surface area contributed by atoms with E-state index in [1.54, 1.807) is 36.4 Å². The van der Waals surface area contributed by atoms with E-state index in [0.717, 1.165) is 11.1 Å². The summed E-state index contributed by atoms with van der Waals surface area (Å²) in [7, 11) is 1.33. The molecule has 0 saturated carbocycles. The van der Waals surface area contributed by atoms with Crippen molar-refractivity contribution in [3.05, 3.63) is 69.5 Å². The summed E-state index contributed by atoms with van der Waals surface area (Å²) in [5.41, 5.74) is 8.02. The number of nitrogens with zero attached hydrogens (tertiary/aromatic N) is 1. The Morgan fingerprint density at radius 1 is 1.27 bits per heavy atom. The number of aromatic nitrogens is 2. The number of aliphatic hydroxyl groups excluding tert-OH is 1. The van der Waals surface area contributed by atoms with E-state index < -0.39 is 5.97 Å². The highest BCUT2D eigenvalue weighted by Gasteiger charge is 2.14. The van der Waals surface area contributed by atoms with Gasteiger partial charge in [0.1, 0.15) is 0 Å². The highest BCUT2D eigenvalue weighted by Crippen LogP contribution is 2.23. The first kappa shape index (κ1) is 17.6. The van der Waals surface area contributed by atoms with Crippen molar-refractivity contribution < 1.29 is 14.6 Å². The third kappa shape index (κ3) is 3.57. The van der Waals surface area contributed by atoms with E-state index in [4.69, 9.17) is 5.73 Å². The molecule has 0 radical (unpaired) electrons. The molecule has 4 N–H and O–H groups in total. The van der Waals surface area contributed by atoms with Crippen LogP contribution in [0.5, 0.6) is 0 Å². The summed E-state index contributed by atoms with van der Waals surface area (Å²) in [5.74, 6) is -0.494. The second-order valence-electron chi connectivity index (χ2n) is 6.00. The second kappa shape index (κ2) is 7.37. The summed E-state index contributed by atoms with van der Waals surface area (Å²) in [5, 5.41) is 10.2. The summed E-state index contributed by atoms with van der Waals surface area (Å²) in [6.45, 7) is -0.0635. The summed E-state index contributed by atoms with van der Waals surface area (Å²) < 4.78 is 4.68. The number of benzene rings is 2. The minimum atomic E-state index is -0.405. The number of aromatic amines is 1. The third-order valence-electron chi connectivity index (χ3n) is 4.29. The van der Waals surface area contributed by atoms with Gasteiger partial charge in [-0.25, -0.2) is 9.78 Å². The van der Waals surface area contributed by atoms with Crippen molar-refractivity contribution in [2.24, 2.45) is 0 Å². The molecule has 0 amide bonds. The van der Waals surface area contributed by atoms with Crippen LogP contribution in [0.15, 0.2) is 47.3 Å². The van der Waals surface area contributed by atoms with Gasteiger partial charge in [-0.15, -0.1) is 0 Å². The molecule has 7 heteroatoms. The number of methoxy groups -OCH3 is 1. The zero-order chi connectivity index (χ0) is 18.7. The Balaban J connectivity index is 1.87. The minimum Gasteiger partial charge on any atom is -0.465 e. The number of carbonyl (C=O) groups excluding carboxylic acids is 1. The van der Waals surface area contributed by atoms with Crippen LogP contribution in [0.1, 0.15) is 27.4 Å². The molecule has 0 aliphatic rings. The van der Waals surface area contributed by atoms with Gasteiger partial charge in [0.15, 0.2) is 0 Å². The number of nitrogens with two attached hydrogens (primary N) is 1. The molecule has 134 valence electrons. The SMILES string of the molecule is COC(=O)c1ccc(C(CO)Cc2ccc3nc(N)[nH]c(=O)c3c2)cc1. The van der Waals surface area contributed by atoms with Gasteiger partial charge in [0.25, 0.3) is 5.56 Å². The fraction of sp³-hybridized carbons (Fsp3) is 0.211. The van der Waals surface area contributed by atoms with Crippen molar-refractivity contribution in [3.63, 3.8) is 0 Å². The summed E-state index contributed by atoms with van der Waals surface area (Å²) in [6, 6.07) is 12.3. The second-order valence-corrected chi connectivity index (χ2v) is 6.00. The van der Waals surface area contributed by atoms with Crippen molar-refractivity contribution in [2.45, 2.75) is 12.3 Å². The number of aliphatic hydroxyl groups is 1. The number of fused-ring (bicyclic) bond motifs is 1. The van der Waals surface area contributed by atoms with Crippen LogP contribution < -0.4 is 11.3 Å². The lowest BCUT2D eigenvalue weighted by molar-refractivity contribution is 0.0600. The third-order valence-corrected chi connectivity index (χ3v) is 4.29. The largest absolute Gasteiger partial charge is 0.465 e. The molecule has 0 aliphatic heterocycles. The number of H-pyrrole nitrogens is 1. The Kier molecular flexibility index (Phi) is 4.99. The molecule has 0 fully saturated rings. The number of hydrogen-bond donors (Lipinski definition) is 3. The van der Waals surface area contributed by atoms with Crippen LogP contribution in [-0.2, 0) is 11.2 Å². The smallest absolute Gasteiger partial charge is 0.337 e. The first-order valence-electron chi connectivity index (χ1n) is 8.09. The van der Waals surface area contributed by atoms with E-state index in [-0.39, 0.29) is 24.0 Å². The molecule has 0 aliphatic carbocycles. The molecule has 3 rings (SSSR count). The van der Waals surface area contributed by atoms with Crippen molar-refractivity contribution in [2.75, 3.05) is 19.5 Å². The summed E-state index contributed by atoms with van der Waals surface area (Å²) in [6.07, 6.45) is 0.536. The van der Waals surface area contributed by atoms with E-state index in [1.165, 1.54) is 7.11 Å². The van der Waals surface area contributed by atoms with Gasteiger partial charge in [0, 0.05) is 5.92 Å². The van der Waals surface area contributed by atoms with Gasteiger partial charge >= 0.3 is 5.97 Å². The maximum Gasteiger partial charge on any atom is 0.337 e. The Morgan fingerprint density at radius 2 is 2.00 bits per heavy atom. The van der Waals surface area contributed by atoms with Crippen LogP contribution >= 0.6 is 0 Å². The highest BCUT2D eigenvalue weighted by molar-refractivity contribution is 5.89. The van der Waals surface area contributed by atoms with Crippen molar-refractivity contribution >= 4 is 22.8 Å². The fourth-order valence-corrected chi connectivity index (χ4v) is 2.91. The standard InChI is InChI=1S/C19H19N3O4/c1-26-18(25)13-5-3-12(4-6-13)14(10-23)8-11-2-7-16-15(9-11)17(24)22-19(20)21-16/h2-7,9,14,23H,8,10H2,1H3,(H3,20,21,22,24). The Morgan fingerprint density at radius 3 is 2.65 bits per heavy atom. The van der Waals surface area contributed by atoms with E-state index in [0.29, 0.717) is 22.9 Å². The summed E-state index contributed by atoms with van der Waals surface area (Å²) in [4.78, 5) is 30.1. The van der Waals surface area contributed by atoms with Crippen LogP contribution in [0, 0.1) is 0 Å². The number of hydrogen-bond acceptors (Lipinski definition) is 6. The number of nitrogens with one attached hydrogen (secondary N) is 1. The predicted molar refractivity (Wildman–Crippen MR) is 98.1 cm³/mol.